The lowest BCUT2D eigenvalue weighted by atomic mass is 9.90. The van der Waals surface area contributed by atoms with Crippen molar-refractivity contribution in [3.05, 3.63) is 22.4 Å². The smallest absolute Gasteiger partial charge is 0.0637 e. The maximum absolute atomic E-state index is 5.47. The first-order valence-electron chi connectivity index (χ1n) is 6.59. The van der Waals surface area contributed by atoms with Crippen molar-refractivity contribution in [1.82, 2.24) is 5.32 Å². The first kappa shape index (κ1) is 15.7. The minimum Gasteiger partial charge on any atom is -0.379 e. The van der Waals surface area contributed by atoms with Gasteiger partial charge in [0.05, 0.1) is 5.60 Å². The van der Waals surface area contributed by atoms with Crippen LogP contribution in [0, 0.1) is 0 Å². The van der Waals surface area contributed by atoms with Gasteiger partial charge in [0.15, 0.2) is 0 Å². The minimum atomic E-state index is -0.0561. The number of nitrogens with one attached hydrogen (secondary N) is 1. The fourth-order valence-corrected chi connectivity index (χ4v) is 2.93. The van der Waals surface area contributed by atoms with Crippen LogP contribution in [0.15, 0.2) is 17.5 Å². The second-order valence-electron chi connectivity index (χ2n) is 6.31. The average Bonchev–Trinajstić information content (AvgIpc) is 2.80. The van der Waals surface area contributed by atoms with Crippen LogP contribution in [0.4, 0.5) is 0 Å². The number of thiophene rings is 1. The second-order valence-corrected chi connectivity index (χ2v) is 7.26. The summed E-state index contributed by atoms with van der Waals surface area (Å²) < 4.78 is 5.47. The van der Waals surface area contributed by atoms with E-state index < -0.39 is 0 Å². The topological polar surface area (TPSA) is 21.3 Å². The summed E-state index contributed by atoms with van der Waals surface area (Å²) in [5, 5.41) is 5.78. The number of hydrogen-bond donors (Lipinski definition) is 1. The molecule has 0 fully saturated rings. The van der Waals surface area contributed by atoms with E-state index in [1.165, 1.54) is 4.88 Å². The molecule has 3 heteroatoms. The van der Waals surface area contributed by atoms with Crippen molar-refractivity contribution >= 4 is 11.3 Å². The molecule has 1 N–H and O–H groups in total. The molecule has 0 bridgehead atoms. The van der Waals surface area contributed by atoms with E-state index in [4.69, 9.17) is 4.74 Å². The van der Waals surface area contributed by atoms with Crippen LogP contribution in [0.3, 0.4) is 0 Å². The third kappa shape index (κ3) is 4.71. The Hall–Kier alpha value is -0.380. The van der Waals surface area contributed by atoms with Crippen LogP contribution in [0.25, 0.3) is 0 Å². The van der Waals surface area contributed by atoms with Gasteiger partial charge in [0, 0.05) is 30.0 Å². The molecule has 0 aliphatic carbocycles. The molecule has 1 heterocycles. The molecule has 1 aromatic heterocycles. The molecule has 0 spiro atoms. The molecule has 0 saturated carbocycles. The fourth-order valence-electron chi connectivity index (χ4n) is 2.07. The second kappa shape index (κ2) is 6.18. The number of methoxy groups -OCH3 is 1. The summed E-state index contributed by atoms with van der Waals surface area (Å²) in [5.41, 5.74) is 0.138. The molecule has 0 aromatic carbocycles. The first-order chi connectivity index (χ1) is 8.27. The van der Waals surface area contributed by atoms with Crippen molar-refractivity contribution in [2.24, 2.45) is 0 Å². The summed E-state index contributed by atoms with van der Waals surface area (Å²) in [7, 11) is 1.78. The van der Waals surface area contributed by atoms with Gasteiger partial charge in [-0.3, -0.25) is 0 Å². The maximum atomic E-state index is 5.47. The highest BCUT2D eigenvalue weighted by molar-refractivity contribution is 7.10. The van der Waals surface area contributed by atoms with Gasteiger partial charge in [-0.25, -0.2) is 0 Å². The molecule has 0 saturated heterocycles. The zero-order valence-electron chi connectivity index (χ0n) is 12.5. The monoisotopic (exact) mass is 269 g/mol. The summed E-state index contributed by atoms with van der Waals surface area (Å²) in [6.45, 7) is 12.1. The molecule has 1 unspecified atom stereocenters. The summed E-state index contributed by atoms with van der Waals surface area (Å²) in [6.07, 6.45) is 1.02. The van der Waals surface area contributed by atoms with Crippen LogP contribution in [-0.2, 0) is 10.2 Å². The van der Waals surface area contributed by atoms with Gasteiger partial charge in [0.25, 0.3) is 0 Å². The molecular formula is C15H27NOS. The van der Waals surface area contributed by atoms with Gasteiger partial charge in [-0.2, -0.15) is 0 Å². The summed E-state index contributed by atoms with van der Waals surface area (Å²) in [4.78, 5) is 1.44. The molecule has 0 aliphatic heterocycles. The van der Waals surface area contributed by atoms with Gasteiger partial charge in [-0.1, -0.05) is 19.9 Å². The van der Waals surface area contributed by atoms with Gasteiger partial charge >= 0.3 is 0 Å². The fraction of sp³-hybridized carbons (Fsp3) is 0.733. The molecule has 2 nitrogen and oxygen atoms in total. The van der Waals surface area contributed by atoms with E-state index in [2.05, 4.69) is 57.4 Å². The van der Waals surface area contributed by atoms with Gasteiger partial charge < -0.3 is 10.1 Å². The average molecular weight is 269 g/mol. The first-order valence-corrected chi connectivity index (χ1v) is 7.47. The normalized spacial score (nSPS) is 14.8. The molecule has 104 valence electrons. The highest BCUT2D eigenvalue weighted by Gasteiger charge is 2.24. The van der Waals surface area contributed by atoms with Crippen LogP contribution in [0.5, 0.6) is 0 Å². The van der Waals surface area contributed by atoms with Gasteiger partial charge in [-0.15, -0.1) is 11.3 Å². The zero-order valence-corrected chi connectivity index (χ0v) is 13.4. The SMILES string of the molecule is COC(C)(C)CC(C)NCC(C)(C)c1cccs1. The largest absolute Gasteiger partial charge is 0.379 e. The van der Waals surface area contributed by atoms with Gasteiger partial charge in [0.1, 0.15) is 0 Å². The Morgan fingerprint density at radius 1 is 1.33 bits per heavy atom. The molecule has 0 amide bonds. The number of hydrogen-bond acceptors (Lipinski definition) is 3. The minimum absolute atomic E-state index is 0.0561. The highest BCUT2D eigenvalue weighted by atomic mass is 32.1. The third-order valence-corrected chi connectivity index (χ3v) is 4.67. The van der Waals surface area contributed by atoms with E-state index in [1.54, 1.807) is 7.11 Å². The summed E-state index contributed by atoms with van der Waals surface area (Å²) in [6, 6.07) is 4.80. The molecular weight excluding hydrogens is 242 g/mol. The lowest BCUT2D eigenvalue weighted by Crippen LogP contribution is -2.41. The van der Waals surface area contributed by atoms with Crippen LogP contribution in [-0.4, -0.2) is 25.3 Å². The Kier molecular flexibility index (Phi) is 5.38. The summed E-state index contributed by atoms with van der Waals surface area (Å²) >= 11 is 1.83. The molecule has 18 heavy (non-hydrogen) atoms. The number of ether oxygens (including phenoxy) is 1. The maximum Gasteiger partial charge on any atom is 0.0637 e. The van der Waals surface area contributed by atoms with Crippen molar-refractivity contribution < 1.29 is 4.74 Å². The van der Waals surface area contributed by atoms with Crippen LogP contribution >= 0.6 is 11.3 Å². The molecule has 0 radical (unpaired) electrons. The lowest BCUT2D eigenvalue weighted by Gasteiger charge is -2.30. The van der Waals surface area contributed by atoms with E-state index in [0.29, 0.717) is 6.04 Å². The number of rotatable bonds is 7. The molecule has 0 aliphatic rings. The Morgan fingerprint density at radius 2 is 2.00 bits per heavy atom. The van der Waals surface area contributed by atoms with Crippen molar-refractivity contribution in [2.75, 3.05) is 13.7 Å². The molecule has 1 rings (SSSR count). The Bertz CT molecular complexity index is 343. The van der Waals surface area contributed by atoms with E-state index in [0.717, 1.165) is 13.0 Å². The Morgan fingerprint density at radius 3 is 2.50 bits per heavy atom. The van der Waals surface area contributed by atoms with Crippen molar-refractivity contribution in [2.45, 2.75) is 58.1 Å². The van der Waals surface area contributed by atoms with Gasteiger partial charge in [0.2, 0.25) is 0 Å². The third-order valence-electron chi connectivity index (χ3n) is 3.43. The zero-order chi connectivity index (χ0) is 13.8. The van der Waals surface area contributed by atoms with Crippen molar-refractivity contribution in [1.29, 1.82) is 0 Å². The van der Waals surface area contributed by atoms with E-state index >= 15 is 0 Å². The Balaban J connectivity index is 2.45. The molecule has 1 atom stereocenters. The van der Waals surface area contributed by atoms with Gasteiger partial charge in [-0.05, 0) is 38.6 Å². The van der Waals surface area contributed by atoms with E-state index in [1.807, 2.05) is 11.3 Å². The van der Waals surface area contributed by atoms with Crippen molar-refractivity contribution in [3.8, 4) is 0 Å². The van der Waals surface area contributed by atoms with Crippen LogP contribution in [0.1, 0.15) is 45.9 Å². The highest BCUT2D eigenvalue weighted by Crippen LogP contribution is 2.27. The van der Waals surface area contributed by atoms with Crippen LogP contribution in [0.2, 0.25) is 0 Å². The standard InChI is InChI=1S/C15H27NOS/c1-12(10-15(4,5)17-6)16-11-14(2,3)13-8-7-9-18-13/h7-9,12,16H,10-11H2,1-6H3. The quantitative estimate of drug-likeness (QED) is 0.812. The predicted molar refractivity (Wildman–Crippen MR) is 80.5 cm³/mol. The Labute approximate surface area is 116 Å². The lowest BCUT2D eigenvalue weighted by molar-refractivity contribution is 0.00826. The van der Waals surface area contributed by atoms with E-state index in [-0.39, 0.29) is 11.0 Å². The van der Waals surface area contributed by atoms with Crippen molar-refractivity contribution in [3.63, 3.8) is 0 Å². The molecule has 1 aromatic rings. The predicted octanol–water partition coefficient (Wildman–Crippen LogP) is 3.82. The van der Waals surface area contributed by atoms with Crippen LogP contribution < -0.4 is 5.32 Å². The van der Waals surface area contributed by atoms with E-state index in [9.17, 15) is 0 Å². The summed E-state index contributed by atoms with van der Waals surface area (Å²) in [5.74, 6) is 0.